The SMILES string of the molecule is CC[C@@H](N)c1cncn1CC(=O)N1CCCCC1. The second-order valence-electron chi connectivity index (χ2n) is 4.90. The Morgan fingerprint density at radius 1 is 1.44 bits per heavy atom. The van der Waals surface area contributed by atoms with Crippen molar-refractivity contribution in [2.24, 2.45) is 5.73 Å². The largest absolute Gasteiger partial charge is 0.341 e. The summed E-state index contributed by atoms with van der Waals surface area (Å²) < 4.78 is 1.88. The number of amides is 1. The Morgan fingerprint density at radius 2 is 2.17 bits per heavy atom. The average molecular weight is 250 g/mol. The molecule has 100 valence electrons. The Balaban J connectivity index is 2.00. The lowest BCUT2D eigenvalue weighted by atomic mass is 10.1. The highest BCUT2D eigenvalue weighted by molar-refractivity contribution is 5.76. The van der Waals surface area contributed by atoms with Crippen LogP contribution in [0.5, 0.6) is 0 Å². The van der Waals surface area contributed by atoms with Crippen LogP contribution in [-0.2, 0) is 11.3 Å². The highest BCUT2D eigenvalue weighted by Crippen LogP contribution is 2.14. The first kappa shape index (κ1) is 13.1. The van der Waals surface area contributed by atoms with Crippen LogP contribution in [-0.4, -0.2) is 33.4 Å². The van der Waals surface area contributed by atoms with Crippen LogP contribution in [0.15, 0.2) is 12.5 Å². The van der Waals surface area contributed by atoms with E-state index in [4.69, 9.17) is 5.73 Å². The first-order valence-corrected chi connectivity index (χ1v) is 6.75. The monoisotopic (exact) mass is 250 g/mol. The molecule has 1 amide bonds. The molecule has 0 spiro atoms. The molecule has 2 rings (SSSR count). The molecule has 0 saturated carbocycles. The lowest BCUT2D eigenvalue weighted by Crippen LogP contribution is -2.38. The number of hydrogen-bond acceptors (Lipinski definition) is 3. The molecule has 1 aromatic rings. The molecule has 1 aliphatic rings. The zero-order valence-electron chi connectivity index (χ0n) is 11.0. The van der Waals surface area contributed by atoms with Gasteiger partial charge in [0, 0.05) is 25.3 Å². The van der Waals surface area contributed by atoms with Gasteiger partial charge in [0.05, 0.1) is 12.0 Å². The van der Waals surface area contributed by atoms with Crippen molar-refractivity contribution in [2.45, 2.75) is 45.2 Å². The molecule has 0 aromatic carbocycles. The van der Waals surface area contributed by atoms with Crippen LogP contribution in [0.2, 0.25) is 0 Å². The number of carbonyl (C=O) groups is 1. The number of likely N-dealkylation sites (tertiary alicyclic amines) is 1. The molecule has 5 nitrogen and oxygen atoms in total. The molecule has 1 saturated heterocycles. The van der Waals surface area contributed by atoms with E-state index in [9.17, 15) is 4.79 Å². The van der Waals surface area contributed by atoms with Gasteiger partial charge in [0.15, 0.2) is 0 Å². The van der Waals surface area contributed by atoms with E-state index in [2.05, 4.69) is 4.98 Å². The number of aromatic nitrogens is 2. The first-order chi connectivity index (χ1) is 8.72. The van der Waals surface area contributed by atoms with E-state index in [1.807, 2.05) is 16.4 Å². The van der Waals surface area contributed by atoms with Gasteiger partial charge in [-0.25, -0.2) is 4.98 Å². The smallest absolute Gasteiger partial charge is 0.242 e. The molecule has 2 heterocycles. The second kappa shape index (κ2) is 6.00. The summed E-state index contributed by atoms with van der Waals surface area (Å²) >= 11 is 0. The van der Waals surface area contributed by atoms with Gasteiger partial charge < -0.3 is 15.2 Å². The molecule has 0 aliphatic carbocycles. The van der Waals surface area contributed by atoms with E-state index in [-0.39, 0.29) is 11.9 Å². The Morgan fingerprint density at radius 3 is 2.83 bits per heavy atom. The number of imidazole rings is 1. The van der Waals surface area contributed by atoms with Gasteiger partial charge >= 0.3 is 0 Å². The number of nitrogens with zero attached hydrogens (tertiary/aromatic N) is 3. The van der Waals surface area contributed by atoms with Crippen LogP contribution in [0.1, 0.15) is 44.3 Å². The van der Waals surface area contributed by atoms with E-state index in [0.29, 0.717) is 6.54 Å². The Kier molecular flexibility index (Phi) is 4.36. The van der Waals surface area contributed by atoms with Crippen molar-refractivity contribution in [3.63, 3.8) is 0 Å². The minimum Gasteiger partial charge on any atom is -0.341 e. The zero-order chi connectivity index (χ0) is 13.0. The minimum atomic E-state index is -0.0401. The van der Waals surface area contributed by atoms with E-state index in [1.54, 1.807) is 12.5 Å². The van der Waals surface area contributed by atoms with Crippen molar-refractivity contribution in [3.05, 3.63) is 18.2 Å². The number of nitrogens with two attached hydrogens (primary N) is 1. The van der Waals surface area contributed by atoms with Crippen molar-refractivity contribution < 1.29 is 4.79 Å². The fourth-order valence-electron chi connectivity index (χ4n) is 2.37. The molecule has 1 aromatic heterocycles. The fraction of sp³-hybridized carbons (Fsp3) is 0.692. The summed E-state index contributed by atoms with van der Waals surface area (Å²) in [5.41, 5.74) is 6.96. The van der Waals surface area contributed by atoms with Crippen molar-refractivity contribution in [3.8, 4) is 0 Å². The molecular weight excluding hydrogens is 228 g/mol. The fourth-order valence-corrected chi connectivity index (χ4v) is 2.37. The van der Waals surface area contributed by atoms with Crippen LogP contribution in [0.3, 0.4) is 0 Å². The normalized spacial score (nSPS) is 17.8. The van der Waals surface area contributed by atoms with Crippen LogP contribution in [0.4, 0.5) is 0 Å². The van der Waals surface area contributed by atoms with Crippen LogP contribution >= 0.6 is 0 Å². The molecule has 5 heteroatoms. The van der Waals surface area contributed by atoms with Gasteiger partial charge in [0.1, 0.15) is 6.54 Å². The molecule has 1 aliphatic heterocycles. The molecule has 0 unspecified atom stereocenters. The molecule has 18 heavy (non-hydrogen) atoms. The standard InChI is InChI=1S/C13H22N4O/c1-2-11(14)12-8-15-10-17(12)9-13(18)16-6-4-3-5-7-16/h8,10-11H,2-7,9,14H2,1H3/t11-/m1/s1. The lowest BCUT2D eigenvalue weighted by molar-refractivity contribution is -0.132. The van der Waals surface area contributed by atoms with Gasteiger partial charge in [-0.2, -0.15) is 0 Å². The van der Waals surface area contributed by atoms with Crippen molar-refractivity contribution >= 4 is 5.91 Å². The predicted octanol–water partition coefficient (Wildman–Crippen LogP) is 1.31. The maximum atomic E-state index is 12.2. The van der Waals surface area contributed by atoms with Crippen molar-refractivity contribution in [2.75, 3.05) is 13.1 Å². The maximum absolute atomic E-state index is 12.2. The van der Waals surface area contributed by atoms with Gasteiger partial charge in [-0.1, -0.05) is 6.92 Å². The van der Waals surface area contributed by atoms with Crippen molar-refractivity contribution in [1.29, 1.82) is 0 Å². The molecular formula is C13H22N4O. The van der Waals surface area contributed by atoms with Gasteiger partial charge in [-0.3, -0.25) is 4.79 Å². The molecule has 0 bridgehead atoms. The Bertz CT molecular complexity index is 395. The quantitative estimate of drug-likeness (QED) is 0.876. The highest BCUT2D eigenvalue weighted by atomic mass is 16.2. The van der Waals surface area contributed by atoms with Gasteiger partial charge in [0.25, 0.3) is 0 Å². The van der Waals surface area contributed by atoms with E-state index < -0.39 is 0 Å². The third-order valence-corrected chi connectivity index (χ3v) is 3.58. The third-order valence-electron chi connectivity index (χ3n) is 3.58. The summed E-state index contributed by atoms with van der Waals surface area (Å²) in [6.45, 7) is 4.18. The van der Waals surface area contributed by atoms with Gasteiger partial charge in [-0.05, 0) is 25.7 Å². The topological polar surface area (TPSA) is 64.1 Å². The second-order valence-corrected chi connectivity index (χ2v) is 4.90. The van der Waals surface area contributed by atoms with E-state index >= 15 is 0 Å². The molecule has 1 fully saturated rings. The number of piperidine rings is 1. The zero-order valence-corrected chi connectivity index (χ0v) is 11.0. The average Bonchev–Trinajstić information content (AvgIpc) is 2.87. The number of rotatable bonds is 4. The van der Waals surface area contributed by atoms with Crippen LogP contribution < -0.4 is 5.73 Å². The first-order valence-electron chi connectivity index (χ1n) is 6.75. The summed E-state index contributed by atoms with van der Waals surface area (Å²) in [4.78, 5) is 18.2. The van der Waals surface area contributed by atoms with E-state index in [1.165, 1.54) is 6.42 Å². The number of carbonyl (C=O) groups excluding carboxylic acids is 1. The molecule has 2 N–H and O–H groups in total. The van der Waals surface area contributed by atoms with Crippen molar-refractivity contribution in [1.82, 2.24) is 14.5 Å². The lowest BCUT2D eigenvalue weighted by Gasteiger charge is -2.27. The van der Waals surface area contributed by atoms with E-state index in [0.717, 1.165) is 38.0 Å². The molecule has 1 atom stereocenters. The van der Waals surface area contributed by atoms with Gasteiger partial charge in [0.2, 0.25) is 5.91 Å². The van der Waals surface area contributed by atoms with Crippen LogP contribution in [0.25, 0.3) is 0 Å². The summed E-state index contributed by atoms with van der Waals surface area (Å²) in [7, 11) is 0. The third kappa shape index (κ3) is 2.90. The number of hydrogen-bond donors (Lipinski definition) is 1. The summed E-state index contributed by atoms with van der Waals surface area (Å²) in [6.07, 6.45) is 7.79. The van der Waals surface area contributed by atoms with Gasteiger partial charge in [-0.15, -0.1) is 0 Å². The minimum absolute atomic E-state index is 0.0401. The summed E-state index contributed by atoms with van der Waals surface area (Å²) in [6, 6.07) is -0.0401. The Hall–Kier alpha value is -1.36. The highest BCUT2D eigenvalue weighted by Gasteiger charge is 2.18. The predicted molar refractivity (Wildman–Crippen MR) is 69.9 cm³/mol. The molecule has 0 radical (unpaired) electrons. The maximum Gasteiger partial charge on any atom is 0.242 e. The Labute approximate surface area is 108 Å². The summed E-state index contributed by atoms with van der Waals surface area (Å²) in [5, 5.41) is 0. The summed E-state index contributed by atoms with van der Waals surface area (Å²) in [5.74, 6) is 0.178. The van der Waals surface area contributed by atoms with Crippen LogP contribution in [0, 0.1) is 0 Å².